The summed E-state index contributed by atoms with van der Waals surface area (Å²) in [5.74, 6) is 1.08. The van der Waals surface area contributed by atoms with Crippen molar-refractivity contribution in [2.45, 2.75) is 24.3 Å². The van der Waals surface area contributed by atoms with Gasteiger partial charge in [0.05, 0.1) is 15.7 Å². The molecular weight excluding hydrogens is 210 g/mol. The number of nitrogens with one attached hydrogen (secondary N) is 1. The summed E-state index contributed by atoms with van der Waals surface area (Å²) >= 11 is 0. The minimum Gasteiger partial charge on any atom is -0.479 e. The van der Waals surface area contributed by atoms with E-state index >= 15 is 0 Å². The Kier molecular flexibility index (Phi) is 3.07. The third-order valence-corrected chi connectivity index (χ3v) is 3.75. The first-order valence-corrected chi connectivity index (χ1v) is 6.34. The van der Waals surface area contributed by atoms with E-state index in [-0.39, 0.29) is 0 Å². The highest BCUT2D eigenvalue weighted by Crippen LogP contribution is 2.29. The number of fused-ring (bicyclic) bond motifs is 1. The molecule has 0 saturated heterocycles. The molecule has 1 aliphatic heterocycles. The molecule has 2 rings (SSSR count). The highest BCUT2D eigenvalue weighted by Gasteiger charge is 2.19. The van der Waals surface area contributed by atoms with Crippen molar-refractivity contribution in [2.75, 3.05) is 13.0 Å². The number of hydrogen-bond donors (Lipinski definition) is 1. The largest absolute Gasteiger partial charge is 0.479 e. The van der Waals surface area contributed by atoms with Gasteiger partial charge in [0.2, 0.25) is 0 Å². The third-order valence-electron chi connectivity index (χ3n) is 2.61. The molecule has 0 fully saturated rings. The smallest absolute Gasteiger partial charge is 0.167 e. The van der Waals surface area contributed by atoms with E-state index < -0.39 is 10.8 Å². The third kappa shape index (κ3) is 2.21. The highest BCUT2D eigenvalue weighted by atomic mass is 32.2. The van der Waals surface area contributed by atoms with Crippen molar-refractivity contribution in [1.82, 2.24) is 5.32 Å². The van der Waals surface area contributed by atoms with Crippen LogP contribution in [0.3, 0.4) is 0 Å². The van der Waals surface area contributed by atoms with Crippen LogP contribution in [0.2, 0.25) is 0 Å². The van der Waals surface area contributed by atoms with Crippen molar-refractivity contribution in [1.29, 1.82) is 0 Å². The first-order chi connectivity index (χ1) is 7.20. The molecule has 0 saturated carbocycles. The Morgan fingerprint density at radius 3 is 3.13 bits per heavy atom. The van der Waals surface area contributed by atoms with Gasteiger partial charge >= 0.3 is 0 Å². The van der Waals surface area contributed by atoms with Crippen LogP contribution in [0.25, 0.3) is 0 Å². The zero-order valence-corrected chi connectivity index (χ0v) is 9.76. The van der Waals surface area contributed by atoms with Crippen molar-refractivity contribution >= 4 is 10.8 Å². The number of benzene rings is 1. The van der Waals surface area contributed by atoms with Gasteiger partial charge < -0.3 is 10.1 Å². The fourth-order valence-electron chi connectivity index (χ4n) is 1.61. The van der Waals surface area contributed by atoms with Crippen molar-refractivity contribution in [3.8, 4) is 5.75 Å². The molecule has 0 bridgehead atoms. The van der Waals surface area contributed by atoms with Gasteiger partial charge in [-0.2, -0.15) is 0 Å². The van der Waals surface area contributed by atoms with Gasteiger partial charge in [0.1, 0.15) is 5.75 Å². The molecule has 0 aromatic heterocycles. The molecule has 1 unspecified atom stereocenters. The highest BCUT2D eigenvalue weighted by molar-refractivity contribution is 7.85. The Morgan fingerprint density at radius 2 is 2.40 bits per heavy atom. The maximum atomic E-state index is 11.5. The van der Waals surface area contributed by atoms with Gasteiger partial charge in [0.25, 0.3) is 0 Å². The first-order valence-electron chi connectivity index (χ1n) is 5.02. The SMILES string of the molecule is CN[C@H](C)Cc1ccc2c(c1)S(=O)CO2. The molecule has 1 aliphatic rings. The molecule has 0 radical (unpaired) electrons. The molecule has 1 N–H and O–H groups in total. The Bertz CT molecular complexity index is 392. The van der Waals surface area contributed by atoms with Gasteiger partial charge in [-0.15, -0.1) is 0 Å². The second kappa shape index (κ2) is 4.33. The van der Waals surface area contributed by atoms with E-state index in [1.807, 2.05) is 25.2 Å². The van der Waals surface area contributed by atoms with Crippen LogP contribution in [0.4, 0.5) is 0 Å². The van der Waals surface area contributed by atoms with E-state index in [0.29, 0.717) is 12.0 Å². The van der Waals surface area contributed by atoms with Crippen molar-refractivity contribution in [2.24, 2.45) is 0 Å². The summed E-state index contributed by atoms with van der Waals surface area (Å²) in [7, 11) is 0.976. The van der Waals surface area contributed by atoms with Crippen molar-refractivity contribution in [3.05, 3.63) is 23.8 Å². The van der Waals surface area contributed by atoms with E-state index in [1.165, 1.54) is 5.56 Å². The van der Waals surface area contributed by atoms with Gasteiger partial charge in [0, 0.05) is 6.04 Å². The van der Waals surface area contributed by atoms with E-state index in [1.54, 1.807) is 0 Å². The predicted molar refractivity (Wildman–Crippen MR) is 60.6 cm³/mol. The molecule has 1 heterocycles. The lowest BCUT2D eigenvalue weighted by Crippen LogP contribution is -2.23. The first kappa shape index (κ1) is 10.6. The molecule has 4 heteroatoms. The zero-order chi connectivity index (χ0) is 10.8. The molecule has 0 aliphatic carbocycles. The summed E-state index contributed by atoms with van der Waals surface area (Å²) in [6.07, 6.45) is 0.945. The van der Waals surface area contributed by atoms with Gasteiger partial charge in [-0.05, 0) is 38.1 Å². The van der Waals surface area contributed by atoms with Crippen LogP contribution in [0, 0.1) is 0 Å². The van der Waals surface area contributed by atoms with Crippen LogP contribution >= 0.6 is 0 Å². The molecule has 15 heavy (non-hydrogen) atoms. The topological polar surface area (TPSA) is 38.3 Å². The average Bonchev–Trinajstić information content (AvgIpc) is 2.60. The number of rotatable bonds is 3. The van der Waals surface area contributed by atoms with Crippen LogP contribution in [-0.4, -0.2) is 23.2 Å². The zero-order valence-electron chi connectivity index (χ0n) is 8.95. The maximum absolute atomic E-state index is 11.5. The van der Waals surface area contributed by atoms with E-state index in [0.717, 1.165) is 17.1 Å². The van der Waals surface area contributed by atoms with Gasteiger partial charge in [-0.3, -0.25) is 4.21 Å². The lowest BCUT2D eigenvalue weighted by molar-refractivity contribution is 0.394. The molecule has 0 amide bonds. The summed E-state index contributed by atoms with van der Waals surface area (Å²) in [6, 6.07) is 6.37. The van der Waals surface area contributed by atoms with E-state index in [9.17, 15) is 4.21 Å². The molecule has 2 atom stereocenters. The summed E-state index contributed by atoms with van der Waals surface area (Å²) < 4.78 is 16.8. The fourth-order valence-corrected chi connectivity index (χ4v) is 2.61. The molecule has 82 valence electrons. The predicted octanol–water partition coefficient (Wildman–Crippen LogP) is 1.29. The van der Waals surface area contributed by atoms with Crippen LogP contribution in [0.5, 0.6) is 5.75 Å². The molecule has 0 spiro atoms. The summed E-state index contributed by atoms with van der Waals surface area (Å²) in [4.78, 5) is 0.843. The fraction of sp³-hybridized carbons (Fsp3) is 0.455. The average molecular weight is 225 g/mol. The van der Waals surface area contributed by atoms with Gasteiger partial charge in [-0.25, -0.2) is 0 Å². The van der Waals surface area contributed by atoms with E-state index in [2.05, 4.69) is 12.2 Å². The number of likely N-dealkylation sites (N-methyl/N-ethyl adjacent to an activating group) is 1. The Morgan fingerprint density at radius 1 is 1.60 bits per heavy atom. The van der Waals surface area contributed by atoms with Gasteiger partial charge in [0.15, 0.2) is 5.94 Å². The molecule has 3 nitrogen and oxygen atoms in total. The summed E-state index contributed by atoms with van der Waals surface area (Å²) in [5, 5.41) is 3.19. The Labute approximate surface area is 92.3 Å². The monoisotopic (exact) mass is 225 g/mol. The number of ether oxygens (including phenoxy) is 1. The molecular formula is C11H15NO2S. The summed E-state index contributed by atoms with van der Waals surface area (Å²) in [6.45, 7) is 2.13. The Balaban J connectivity index is 2.22. The Hall–Kier alpha value is -0.870. The number of hydrogen-bond acceptors (Lipinski definition) is 3. The van der Waals surface area contributed by atoms with Crippen LogP contribution in [-0.2, 0) is 17.2 Å². The van der Waals surface area contributed by atoms with Crippen LogP contribution in [0.1, 0.15) is 12.5 Å². The minimum atomic E-state index is -0.967. The van der Waals surface area contributed by atoms with Crippen molar-refractivity contribution < 1.29 is 8.95 Å². The second-order valence-corrected chi connectivity index (χ2v) is 5.15. The standard InChI is InChI=1S/C11H15NO2S/c1-8(12-2)5-9-3-4-10-11(6-9)15(13)7-14-10/h3-4,6,8,12H,5,7H2,1-2H3/t8-,15?/m1/s1. The van der Waals surface area contributed by atoms with Crippen molar-refractivity contribution in [3.63, 3.8) is 0 Å². The lowest BCUT2D eigenvalue weighted by Gasteiger charge is -2.10. The maximum Gasteiger partial charge on any atom is 0.167 e. The minimum absolute atomic E-state index is 0.306. The lowest BCUT2D eigenvalue weighted by atomic mass is 10.1. The second-order valence-electron chi connectivity index (χ2n) is 3.78. The van der Waals surface area contributed by atoms with E-state index in [4.69, 9.17) is 4.74 Å². The van der Waals surface area contributed by atoms with Gasteiger partial charge in [-0.1, -0.05) is 6.07 Å². The molecule has 1 aromatic carbocycles. The summed E-state index contributed by atoms with van der Waals surface area (Å²) in [5.41, 5.74) is 1.20. The normalized spacial score (nSPS) is 20.8. The van der Waals surface area contributed by atoms with Crippen LogP contribution in [0.15, 0.2) is 23.1 Å². The molecule has 1 aromatic rings. The van der Waals surface area contributed by atoms with Crippen LogP contribution < -0.4 is 10.1 Å². The quantitative estimate of drug-likeness (QED) is 0.842.